The molecule has 30 heavy (non-hydrogen) atoms. The second-order valence-electron chi connectivity index (χ2n) is 8.12. The van der Waals surface area contributed by atoms with E-state index in [9.17, 15) is 10.1 Å². The van der Waals surface area contributed by atoms with Crippen LogP contribution in [0.15, 0.2) is 18.5 Å². The molecule has 0 amide bonds. The molecule has 4 atom stereocenters. The van der Waals surface area contributed by atoms with Crippen molar-refractivity contribution in [3.05, 3.63) is 24.2 Å². The molecule has 2 N–H and O–H groups in total. The van der Waals surface area contributed by atoms with Gasteiger partial charge in [-0.25, -0.2) is 14.3 Å². The van der Waals surface area contributed by atoms with Crippen LogP contribution in [0, 0.1) is 11.3 Å². The Morgan fingerprint density at radius 3 is 2.90 bits per heavy atom. The number of hydrogen-bond donors (Lipinski definition) is 1. The molecule has 0 unspecified atom stereocenters. The largest absolute Gasteiger partial charge is 0.508 e. The van der Waals surface area contributed by atoms with Gasteiger partial charge in [0, 0.05) is 0 Å². The van der Waals surface area contributed by atoms with Crippen molar-refractivity contribution in [2.75, 3.05) is 12.3 Å². The highest BCUT2D eigenvalue weighted by Gasteiger charge is 2.65. The lowest BCUT2D eigenvalue weighted by molar-refractivity contribution is -0.205. The molecule has 2 aromatic heterocycles. The Morgan fingerprint density at radius 1 is 1.37 bits per heavy atom. The summed E-state index contributed by atoms with van der Waals surface area (Å²) < 4.78 is 30.1. The van der Waals surface area contributed by atoms with E-state index in [1.807, 2.05) is 0 Å². The van der Waals surface area contributed by atoms with E-state index in [4.69, 9.17) is 29.4 Å². The predicted octanol–water partition coefficient (Wildman–Crippen LogP) is 1.48. The zero-order valence-electron chi connectivity index (χ0n) is 16.5. The maximum atomic E-state index is 11.9. The Morgan fingerprint density at radius 2 is 2.17 bits per heavy atom. The first kappa shape index (κ1) is 19.0. The fraction of sp³-hybridized carbons (Fsp3) is 0.579. The topological polar surface area (TPSA) is 143 Å². The number of nitrogen functional groups attached to an aromatic ring is 1. The molecular formula is C19H21N5O6. The van der Waals surface area contributed by atoms with E-state index in [1.165, 1.54) is 6.33 Å². The Balaban J connectivity index is 1.47. The number of anilines is 1. The lowest BCUT2D eigenvalue weighted by atomic mass is 9.96. The number of nitrogens with two attached hydrogens (primary N) is 1. The molecule has 1 aliphatic carbocycles. The van der Waals surface area contributed by atoms with E-state index in [1.54, 1.807) is 30.5 Å². The fourth-order valence-electron chi connectivity index (χ4n) is 3.91. The van der Waals surface area contributed by atoms with Crippen LogP contribution in [0.3, 0.4) is 0 Å². The number of aromatic nitrogens is 3. The first-order valence-corrected chi connectivity index (χ1v) is 9.68. The van der Waals surface area contributed by atoms with Crippen molar-refractivity contribution in [1.82, 2.24) is 14.6 Å². The average molecular weight is 415 g/mol. The molecule has 2 aromatic rings. The maximum Gasteiger partial charge on any atom is 0.508 e. The molecule has 0 spiro atoms. The van der Waals surface area contributed by atoms with Crippen molar-refractivity contribution < 1.29 is 28.5 Å². The third kappa shape index (κ3) is 3.04. The van der Waals surface area contributed by atoms with E-state index in [-0.39, 0.29) is 12.7 Å². The minimum atomic E-state index is -1.57. The van der Waals surface area contributed by atoms with Gasteiger partial charge in [0.1, 0.15) is 48.9 Å². The molecule has 11 heteroatoms. The van der Waals surface area contributed by atoms with Gasteiger partial charge in [-0.1, -0.05) is 0 Å². The van der Waals surface area contributed by atoms with Crippen molar-refractivity contribution >= 4 is 17.5 Å². The number of carbonyl (C=O) groups excluding carboxylic acids is 1. The van der Waals surface area contributed by atoms with E-state index in [0.717, 1.165) is 12.8 Å². The highest BCUT2D eigenvalue weighted by atomic mass is 16.8. The van der Waals surface area contributed by atoms with Crippen LogP contribution in [0.25, 0.3) is 5.52 Å². The summed E-state index contributed by atoms with van der Waals surface area (Å²) in [6.45, 7) is 3.15. The van der Waals surface area contributed by atoms with Crippen molar-refractivity contribution in [2.24, 2.45) is 0 Å². The summed E-state index contributed by atoms with van der Waals surface area (Å²) in [5, 5.41) is 14.3. The molecule has 0 bridgehead atoms. The fourth-order valence-corrected chi connectivity index (χ4v) is 3.91. The first-order valence-electron chi connectivity index (χ1n) is 9.68. The summed E-state index contributed by atoms with van der Waals surface area (Å²) in [6, 6.07) is 5.68. The van der Waals surface area contributed by atoms with Gasteiger partial charge in [-0.2, -0.15) is 10.4 Å². The Kier molecular flexibility index (Phi) is 4.15. The van der Waals surface area contributed by atoms with Gasteiger partial charge in [0.2, 0.25) is 5.60 Å². The van der Waals surface area contributed by atoms with Gasteiger partial charge in [-0.3, -0.25) is 0 Å². The van der Waals surface area contributed by atoms with Crippen molar-refractivity contribution in [2.45, 2.75) is 62.5 Å². The van der Waals surface area contributed by atoms with Gasteiger partial charge in [-0.05, 0) is 38.8 Å². The van der Waals surface area contributed by atoms with Crippen LogP contribution in [0.1, 0.15) is 38.5 Å². The van der Waals surface area contributed by atoms with Crippen molar-refractivity contribution in [3.63, 3.8) is 0 Å². The van der Waals surface area contributed by atoms with E-state index < -0.39 is 35.9 Å². The molecule has 2 saturated heterocycles. The average Bonchev–Trinajstić information content (AvgIpc) is 3.19. The number of ether oxygens (including phenoxy) is 5. The molecule has 0 aromatic carbocycles. The highest BCUT2D eigenvalue weighted by Crippen LogP contribution is 2.50. The van der Waals surface area contributed by atoms with Gasteiger partial charge in [0.15, 0.2) is 11.6 Å². The van der Waals surface area contributed by atoms with Gasteiger partial charge in [0.25, 0.3) is 0 Å². The molecule has 1 saturated carbocycles. The summed E-state index contributed by atoms with van der Waals surface area (Å²) in [4.78, 5) is 15.9. The molecule has 11 nitrogen and oxygen atoms in total. The zero-order valence-corrected chi connectivity index (χ0v) is 16.5. The Hall–Kier alpha value is -2.94. The zero-order chi connectivity index (χ0) is 21.1. The quantitative estimate of drug-likeness (QED) is 0.729. The van der Waals surface area contributed by atoms with Crippen LogP contribution in [-0.4, -0.2) is 57.1 Å². The summed E-state index contributed by atoms with van der Waals surface area (Å²) in [7, 11) is 0. The second kappa shape index (κ2) is 6.53. The SMILES string of the molecule is CC1(C)O[C@H]2[C@H](c3ccc4c(N)ncnn34)O[C@](C#N)(COC(=O)OC3CC3)[C@H]2O1. The summed E-state index contributed by atoms with van der Waals surface area (Å²) >= 11 is 0. The molecule has 5 rings (SSSR count). The monoisotopic (exact) mass is 415 g/mol. The standard InChI is InChI=1S/C19H21N5O6/c1-18(2)28-14-13(11-5-6-12-16(21)22-9-23-24(11)12)29-19(7-20,15(14)30-18)8-26-17(25)27-10-3-4-10/h5-6,9-10,13-15H,3-4,8H2,1-2H3,(H2,21,22,23)/t13-,14-,15-,19+/m0/s1. The molecule has 2 aliphatic heterocycles. The minimum absolute atomic E-state index is 0.109. The summed E-state index contributed by atoms with van der Waals surface area (Å²) in [5.41, 5.74) is 5.58. The minimum Gasteiger partial charge on any atom is -0.431 e. The highest BCUT2D eigenvalue weighted by molar-refractivity contribution is 5.65. The number of fused-ring (bicyclic) bond motifs is 2. The summed E-state index contributed by atoms with van der Waals surface area (Å²) in [5.74, 6) is -0.637. The van der Waals surface area contributed by atoms with Crippen LogP contribution in [0.4, 0.5) is 10.6 Å². The lowest BCUT2D eigenvalue weighted by Gasteiger charge is -2.28. The van der Waals surface area contributed by atoms with Crippen LogP contribution in [0.5, 0.6) is 0 Å². The predicted molar refractivity (Wildman–Crippen MR) is 98.8 cm³/mol. The van der Waals surface area contributed by atoms with E-state index >= 15 is 0 Å². The van der Waals surface area contributed by atoms with Crippen LogP contribution >= 0.6 is 0 Å². The maximum absolute atomic E-state index is 11.9. The third-order valence-corrected chi connectivity index (χ3v) is 5.41. The van der Waals surface area contributed by atoms with E-state index in [2.05, 4.69) is 16.2 Å². The number of rotatable bonds is 4. The van der Waals surface area contributed by atoms with Crippen LogP contribution in [-0.2, 0) is 23.7 Å². The normalized spacial score (nSPS) is 32.0. The summed E-state index contributed by atoms with van der Waals surface area (Å²) in [6.07, 6.45) is -0.0966. The van der Waals surface area contributed by atoms with Gasteiger partial charge < -0.3 is 29.4 Å². The number of hydrogen-bond acceptors (Lipinski definition) is 10. The first-order chi connectivity index (χ1) is 14.3. The number of nitriles is 1. The van der Waals surface area contributed by atoms with Crippen molar-refractivity contribution in [3.8, 4) is 6.07 Å². The van der Waals surface area contributed by atoms with Crippen LogP contribution < -0.4 is 5.73 Å². The third-order valence-electron chi connectivity index (χ3n) is 5.41. The van der Waals surface area contributed by atoms with Crippen molar-refractivity contribution in [1.29, 1.82) is 5.26 Å². The molecule has 4 heterocycles. The number of nitrogens with zero attached hydrogens (tertiary/aromatic N) is 4. The van der Waals surface area contributed by atoms with Gasteiger partial charge >= 0.3 is 6.16 Å². The molecular weight excluding hydrogens is 394 g/mol. The van der Waals surface area contributed by atoms with Gasteiger partial charge in [0.05, 0.1) is 5.69 Å². The van der Waals surface area contributed by atoms with E-state index in [0.29, 0.717) is 17.0 Å². The Labute approximate surface area is 171 Å². The second-order valence-corrected chi connectivity index (χ2v) is 8.12. The van der Waals surface area contributed by atoms with Crippen LogP contribution in [0.2, 0.25) is 0 Å². The smallest absolute Gasteiger partial charge is 0.431 e. The number of carbonyl (C=O) groups is 1. The molecule has 158 valence electrons. The molecule has 3 fully saturated rings. The lowest BCUT2D eigenvalue weighted by Crippen LogP contribution is -2.46. The van der Waals surface area contributed by atoms with Gasteiger partial charge in [-0.15, -0.1) is 0 Å². The molecule has 0 radical (unpaired) electrons. The molecule has 3 aliphatic rings. The Bertz CT molecular complexity index is 1040.